The van der Waals surface area contributed by atoms with Gasteiger partial charge in [0.05, 0.1) is 12.0 Å². The van der Waals surface area contributed by atoms with E-state index >= 15 is 0 Å². The lowest BCUT2D eigenvalue weighted by molar-refractivity contribution is -0.137. The van der Waals surface area contributed by atoms with E-state index in [0.29, 0.717) is 33.9 Å². The van der Waals surface area contributed by atoms with Crippen molar-refractivity contribution < 1.29 is 24.2 Å². The largest absolute Gasteiger partial charge is 0.481 e. The summed E-state index contributed by atoms with van der Waals surface area (Å²) in [4.78, 5) is 22.0. The third-order valence-corrected chi connectivity index (χ3v) is 3.92. The summed E-state index contributed by atoms with van der Waals surface area (Å²) in [7, 11) is 0. The van der Waals surface area contributed by atoms with E-state index in [2.05, 4.69) is 0 Å². The van der Waals surface area contributed by atoms with Crippen molar-refractivity contribution >= 4 is 23.9 Å². The fourth-order valence-corrected chi connectivity index (χ4v) is 3.00. The number of carbonyl (C=O) groups excluding carboxylic acids is 1. The molecule has 0 radical (unpaired) electrons. The average Bonchev–Trinajstić information content (AvgIpc) is 2.93. The van der Waals surface area contributed by atoms with Crippen molar-refractivity contribution in [3.63, 3.8) is 0 Å². The second-order valence-corrected chi connectivity index (χ2v) is 5.26. The van der Waals surface area contributed by atoms with Crippen molar-refractivity contribution in [2.45, 2.75) is 24.7 Å². The summed E-state index contributed by atoms with van der Waals surface area (Å²) in [5, 5.41) is 9.39. The van der Waals surface area contributed by atoms with Crippen LogP contribution in [0.15, 0.2) is 6.07 Å². The number of aldehydes is 1. The maximum absolute atomic E-state index is 11.0. The van der Waals surface area contributed by atoms with Crippen molar-refractivity contribution in [3.8, 4) is 11.5 Å². The standard InChI is InChI=1S/C13H11ClO5/c14-8-3-7(5-15)11-12(19-6-18-11)10(8)13(1-2-13)4-9(16)17/h3,5H,1-2,4,6H2,(H,16,17). The maximum Gasteiger partial charge on any atom is 0.304 e. The Morgan fingerprint density at radius 3 is 2.68 bits per heavy atom. The number of aliphatic carboxylic acids is 1. The number of halogens is 1. The first-order chi connectivity index (χ1) is 9.07. The highest BCUT2D eigenvalue weighted by atomic mass is 35.5. The molecule has 0 atom stereocenters. The molecule has 5 nitrogen and oxygen atoms in total. The third kappa shape index (κ3) is 1.85. The van der Waals surface area contributed by atoms with Gasteiger partial charge in [0.1, 0.15) is 0 Å². The first kappa shape index (κ1) is 12.3. The molecule has 6 heteroatoms. The van der Waals surface area contributed by atoms with Gasteiger partial charge in [0.2, 0.25) is 6.79 Å². The quantitative estimate of drug-likeness (QED) is 0.859. The van der Waals surface area contributed by atoms with Crippen molar-refractivity contribution in [2.24, 2.45) is 0 Å². The molecule has 0 spiro atoms. The van der Waals surface area contributed by atoms with E-state index in [9.17, 15) is 9.59 Å². The van der Waals surface area contributed by atoms with E-state index < -0.39 is 11.4 Å². The molecule has 1 aromatic rings. The van der Waals surface area contributed by atoms with Gasteiger partial charge in [0.25, 0.3) is 0 Å². The molecule has 0 bridgehead atoms. The van der Waals surface area contributed by atoms with Gasteiger partial charge in [-0.1, -0.05) is 11.6 Å². The molecule has 1 aliphatic carbocycles. The van der Waals surface area contributed by atoms with Crippen LogP contribution in [0.5, 0.6) is 11.5 Å². The van der Waals surface area contributed by atoms with Crippen molar-refractivity contribution in [3.05, 3.63) is 22.2 Å². The fourth-order valence-electron chi connectivity index (χ4n) is 2.60. The van der Waals surface area contributed by atoms with Gasteiger partial charge < -0.3 is 14.6 Å². The summed E-state index contributed by atoms with van der Waals surface area (Å²) in [6.45, 7) is 0.0205. The van der Waals surface area contributed by atoms with Gasteiger partial charge in [-0.25, -0.2) is 0 Å². The molecule has 19 heavy (non-hydrogen) atoms. The molecular weight excluding hydrogens is 272 g/mol. The molecule has 2 aliphatic rings. The van der Waals surface area contributed by atoms with Crippen LogP contribution in [0.2, 0.25) is 5.02 Å². The van der Waals surface area contributed by atoms with Gasteiger partial charge in [-0.2, -0.15) is 0 Å². The Hall–Kier alpha value is -1.75. The van der Waals surface area contributed by atoms with Crippen molar-refractivity contribution in [2.75, 3.05) is 6.79 Å². The second-order valence-electron chi connectivity index (χ2n) is 4.86. The minimum Gasteiger partial charge on any atom is -0.481 e. The van der Waals surface area contributed by atoms with Gasteiger partial charge in [-0.05, 0) is 18.9 Å². The monoisotopic (exact) mass is 282 g/mol. The SMILES string of the molecule is O=Cc1cc(Cl)c(C2(CC(=O)O)CC2)c2c1OCO2. The highest BCUT2D eigenvalue weighted by Gasteiger charge is 2.50. The minimum absolute atomic E-state index is 0.00293. The molecule has 0 saturated heterocycles. The molecule has 1 N–H and O–H groups in total. The summed E-state index contributed by atoms with van der Waals surface area (Å²) in [6.07, 6.45) is 2.15. The fraction of sp³-hybridized carbons (Fsp3) is 0.385. The molecule has 1 fully saturated rings. The third-order valence-electron chi connectivity index (χ3n) is 3.62. The molecule has 1 aromatic carbocycles. The van der Waals surface area contributed by atoms with Gasteiger partial charge >= 0.3 is 5.97 Å². The van der Waals surface area contributed by atoms with Gasteiger partial charge in [-0.15, -0.1) is 0 Å². The van der Waals surface area contributed by atoms with Crippen LogP contribution in [0, 0.1) is 0 Å². The summed E-state index contributed by atoms with van der Waals surface area (Å²) in [5.74, 6) is -0.0832. The molecule has 3 rings (SSSR count). The Kier molecular flexibility index (Phi) is 2.67. The molecular formula is C13H11ClO5. The Morgan fingerprint density at radius 1 is 1.42 bits per heavy atom. The van der Waals surface area contributed by atoms with Gasteiger partial charge in [-0.3, -0.25) is 9.59 Å². The zero-order valence-electron chi connectivity index (χ0n) is 9.94. The molecule has 1 saturated carbocycles. The molecule has 0 aromatic heterocycles. The van der Waals surface area contributed by atoms with Crippen LogP contribution in [0.25, 0.3) is 0 Å². The first-order valence-corrected chi connectivity index (χ1v) is 6.25. The normalized spacial score (nSPS) is 18.2. The Balaban J connectivity index is 2.15. The van der Waals surface area contributed by atoms with Crippen LogP contribution in [0.3, 0.4) is 0 Å². The van der Waals surface area contributed by atoms with Crippen LogP contribution in [0.1, 0.15) is 35.2 Å². The number of carboxylic acid groups (broad SMARTS) is 1. The van der Waals surface area contributed by atoms with E-state index in [1.807, 2.05) is 0 Å². The van der Waals surface area contributed by atoms with E-state index in [-0.39, 0.29) is 13.2 Å². The van der Waals surface area contributed by atoms with Crippen molar-refractivity contribution in [1.29, 1.82) is 0 Å². The summed E-state index contributed by atoms with van der Waals surface area (Å²) in [6, 6.07) is 1.51. The maximum atomic E-state index is 11.0. The van der Waals surface area contributed by atoms with Gasteiger partial charge in [0.15, 0.2) is 17.8 Å². The van der Waals surface area contributed by atoms with E-state index in [0.717, 1.165) is 12.8 Å². The Labute approximate surface area is 114 Å². The number of ether oxygens (including phenoxy) is 2. The van der Waals surface area contributed by atoms with E-state index in [4.69, 9.17) is 26.2 Å². The average molecular weight is 283 g/mol. The summed E-state index contributed by atoms with van der Waals surface area (Å²) in [5.41, 5.74) is 0.504. The number of carbonyl (C=O) groups is 2. The van der Waals surface area contributed by atoms with Crippen LogP contribution < -0.4 is 9.47 Å². The van der Waals surface area contributed by atoms with Crippen LogP contribution in [-0.4, -0.2) is 24.2 Å². The van der Waals surface area contributed by atoms with Gasteiger partial charge in [0, 0.05) is 16.0 Å². The molecule has 0 amide bonds. The lowest BCUT2D eigenvalue weighted by Gasteiger charge is -2.18. The summed E-state index contributed by atoms with van der Waals surface area (Å²) < 4.78 is 10.7. The highest BCUT2D eigenvalue weighted by Crippen LogP contribution is 2.59. The smallest absolute Gasteiger partial charge is 0.304 e. The predicted molar refractivity (Wildman–Crippen MR) is 66.1 cm³/mol. The van der Waals surface area contributed by atoms with Crippen molar-refractivity contribution in [1.82, 2.24) is 0 Å². The first-order valence-electron chi connectivity index (χ1n) is 5.87. The lowest BCUT2D eigenvalue weighted by atomic mass is 9.90. The highest BCUT2D eigenvalue weighted by molar-refractivity contribution is 6.32. The van der Waals surface area contributed by atoms with E-state index in [1.165, 1.54) is 6.07 Å². The summed E-state index contributed by atoms with van der Waals surface area (Å²) >= 11 is 6.21. The topological polar surface area (TPSA) is 72.8 Å². The van der Waals surface area contributed by atoms with E-state index in [1.54, 1.807) is 0 Å². The molecule has 0 unspecified atom stereocenters. The Bertz CT molecular complexity index is 577. The lowest BCUT2D eigenvalue weighted by Crippen LogP contribution is -2.14. The molecule has 1 aliphatic heterocycles. The number of benzene rings is 1. The predicted octanol–water partition coefficient (Wildman–Crippen LogP) is 2.39. The van der Waals surface area contributed by atoms with Crippen LogP contribution in [0.4, 0.5) is 0 Å². The molecule has 1 heterocycles. The van der Waals surface area contributed by atoms with Crippen LogP contribution in [-0.2, 0) is 10.2 Å². The minimum atomic E-state index is -0.874. The van der Waals surface area contributed by atoms with Crippen LogP contribution >= 0.6 is 11.6 Å². The number of fused-ring (bicyclic) bond motifs is 1. The molecule has 100 valence electrons. The number of carboxylic acids is 1. The number of hydrogen-bond acceptors (Lipinski definition) is 4. The zero-order chi connectivity index (χ0) is 13.6. The Morgan fingerprint density at radius 2 is 2.11 bits per heavy atom. The number of rotatable bonds is 4. The number of hydrogen-bond donors (Lipinski definition) is 1. The zero-order valence-corrected chi connectivity index (χ0v) is 10.7. The second kappa shape index (κ2) is 4.13.